The van der Waals surface area contributed by atoms with Crippen molar-refractivity contribution in [1.82, 2.24) is 0 Å². The molecule has 2 N–H and O–H groups in total. The van der Waals surface area contributed by atoms with E-state index in [1.165, 1.54) is 0 Å². The van der Waals surface area contributed by atoms with Crippen LogP contribution in [0.25, 0.3) is 0 Å². The van der Waals surface area contributed by atoms with Crippen LogP contribution in [0.5, 0.6) is 0 Å². The zero-order chi connectivity index (χ0) is 10.9. The summed E-state index contributed by atoms with van der Waals surface area (Å²) in [6.07, 6.45) is 0. The molecule has 6 heteroatoms. The smallest absolute Gasteiger partial charge is 0.339 e. The van der Waals surface area contributed by atoms with Gasteiger partial charge in [0.05, 0.1) is 5.56 Å². The molecule has 0 fully saturated rings. The molecule has 0 heterocycles. The largest absolute Gasteiger partial charge is 0.478 e. The molecule has 0 atom stereocenters. The van der Waals surface area contributed by atoms with Gasteiger partial charge in [-0.05, 0) is 28.1 Å². The van der Waals surface area contributed by atoms with Gasteiger partial charge in [0.2, 0.25) is 0 Å². The summed E-state index contributed by atoms with van der Waals surface area (Å²) in [7, 11) is 0. The van der Waals surface area contributed by atoms with Crippen molar-refractivity contribution in [3.63, 3.8) is 0 Å². The Bertz CT molecular complexity index is 416. The van der Waals surface area contributed by atoms with Crippen molar-refractivity contribution in [2.45, 2.75) is 0 Å². The molecule has 0 saturated heterocycles. The van der Waals surface area contributed by atoms with Crippen molar-refractivity contribution in [2.75, 3.05) is 0 Å². The topological polar surface area (TPSA) is 74.6 Å². The fourth-order valence-electron chi connectivity index (χ4n) is 0.914. The Kier molecular flexibility index (Phi) is 2.85. The first-order chi connectivity index (χ1) is 6.45. The molecule has 0 spiro atoms. The summed E-state index contributed by atoms with van der Waals surface area (Å²) >= 11 is 2.73. The molecule has 74 valence electrons. The lowest BCUT2D eigenvalue weighted by molar-refractivity contribution is 0.0690. The van der Waals surface area contributed by atoms with Crippen molar-refractivity contribution >= 4 is 27.9 Å². The Morgan fingerprint density at radius 2 is 1.79 bits per heavy atom. The van der Waals surface area contributed by atoms with Crippen molar-refractivity contribution in [3.05, 3.63) is 33.5 Å². The van der Waals surface area contributed by atoms with Gasteiger partial charge in [-0.15, -0.1) is 0 Å². The van der Waals surface area contributed by atoms with Crippen molar-refractivity contribution in [1.29, 1.82) is 0 Å². The fourth-order valence-corrected chi connectivity index (χ4v) is 1.57. The monoisotopic (exact) mass is 262 g/mol. The molecule has 1 rings (SSSR count). The number of carbonyl (C=O) groups is 2. The van der Waals surface area contributed by atoms with Crippen molar-refractivity contribution in [2.24, 2.45) is 0 Å². The van der Waals surface area contributed by atoms with E-state index >= 15 is 0 Å². The van der Waals surface area contributed by atoms with E-state index in [0.717, 1.165) is 12.1 Å². The van der Waals surface area contributed by atoms with Crippen LogP contribution in [-0.2, 0) is 0 Å². The van der Waals surface area contributed by atoms with Gasteiger partial charge in [-0.1, -0.05) is 0 Å². The van der Waals surface area contributed by atoms with E-state index in [2.05, 4.69) is 15.9 Å². The Morgan fingerprint density at radius 1 is 1.21 bits per heavy atom. The summed E-state index contributed by atoms with van der Waals surface area (Å²) in [6.45, 7) is 0. The van der Waals surface area contributed by atoms with Crippen LogP contribution in [0.4, 0.5) is 4.39 Å². The highest BCUT2D eigenvalue weighted by molar-refractivity contribution is 9.10. The van der Waals surface area contributed by atoms with Gasteiger partial charge in [0.15, 0.2) is 0 Å². The Labute approximate surface area is 86.1 Å². The Balaban J connectivity index is 3.49. The molecular formula is C8H4BrFO4. The summed E-state index contributed by atoms with van der Waals surface area (Å²) < 4.78 is 12.7. The second kappa shape index (κ2) is 3.75. The SMILES string of the molecule is O=C(O)c1ccc(F)c(C(=O)O)c1Br. The average Bonchev–Trinajstić information content (AvgIpc) is 2.02. The quantitative estimate of drug-likeness (QED) is 0.855. The summed E-state index contributed by atoms with van der Waals surface area (Å²) in [5.74, 6) is -3.81. The maximum Gasteiger partial charge on any atom is 0.339 e. The fraction of sp³-hybridized carbons (Fsp3) is 0. The molecule has 0 amide bonds. The third-order valence-electron chi connectivity index (χ3n) is 1.54. The van der Waals surface area contributed by atoms with Crippen LogP contribution in [0.15, 0.2) is 16.6 Å². The molecule has 14 heavy (non-hydrogen) atoms. The van der Waals surface area contributed by atoms with E-state index in [4.69, 9.17) is 10.2 Å². The summed E-state index contributed by atoms with van der Waals surface area (Å²) in [6, 6.07) is 1.80. The Morgan fingerprint density at radius 3 is 2.21 bits per heavy atom. The number of hydrogen-bond donors (Lipinski definition) is 2. The number of halogens is 2. The number of carboxylic acid groups (broad SMARTS) is 2. The van der Waals surface area contributed by atoms with Crippen LogP contribution < -0.4 is 0 Å². The number of aromatic carboxylic acids is 2. The normalized spacial score (nSPS) is 9.86. The summed E-state index contributed by atoms with van der Waals surface area (Å²) in [4.78, 5) is 21.1. The third kappa shape index (κ3) is 1.74. The minimum atomic E-state index is -1.52. The highest BCUT2D eigenvalue weighted by Crippen LogP contribution is 2.24. The van der Waals surface area contributed by atoms with Crippen LogP contribution in [-0.4, -0.2) is 22.2 Å². The van der Waals surface area contributed by atoms with E-state index in [1.54, 1.807) is 0 Å². The number of hydrogen-bond acceptors (Lipinski definition) is 2. The highest BCUT2D eigenvalue weighted by atomic mass is 79.9. The van der Waals surface area contributed by atoms with Crippen molar-refractivity contribution in [3.8, 4) is 0 Å². The van der Waals surface area contributed by atoms with Gasteiger partial charge < -0.3 is 10.2 Å². The van der Waals surface area contributed by atoms with E-state index in [9.17, 15) is 14.0 Å². The van der Waals surface area contributed by atoms with E-state index in [0.29, 0.717) is 0 Å². The van der Waals surface area contributed by atoms with Crippen LogP contribution >= 0.6 is 15.9 Å². The van der Waals surface area contributed by atoms with Gasteiger partial charge in [-0.2, -0.15) is 0 Å². The summed E-state index contributed by atoms with van der Waals surface area (Å²) in [5, 5.41) is 17.2. The minimum absolute atomic E-state index is 0.266. The molecule has 0 aliphatic rings. The van der Waals surface area contributed by atoms with E-state index in [-0.39, 0.29) is 10.0 Å². The lowest BCUT2D eigenvalue weighted by Gasteiger charge is -2.03. The molecule has 0 bridgehead atoms. The molecular weight excluding hydrogens is 259 g/mol. The predicted octanol–water partition coefficient (Wildman–Crippen LogP) is 1.98. The number of benzene rings is 1. The zero-order valence-corrected chi connectivity index (χ0v) is 8.21. The van der Waals surface area contributed by atoms with Gasteiger partial charge in [-0.25, -0.2) is 14.0 Å². The van der Waals surface area contributed by atoms with Gasteiger partial charge >= 0.3 is 11.9 Å². The van der Waals surface area contributed by atoms with E-state index < -0.39 is 23.3 Å². The van der Waals surface area contributed by atoms with Gasteiger partial charge in [-0.3, -0.25) is 0 Å². The summed E-state index contributed by atoms with van der Waals surface area (Å²) in [5.41, 5.74) is -0.964. The lowest BCUT2D eigenvalue weighted by Crippen LogP contribution is -2.07. The van der Waals surface area contributed by atoms with Crippen molar-refractivity contribution < 1.29 is 24.2 Å². The molecule has 1 aromatic rings. The highest BCUT2D eigenvalue weighted by Gasteiger charge is 2.20. The third-order valence-corrected chi connectivity index (χ3v) is 2.36. The molecule has 0 unspecified atom stereocenters. The first-order valence-corrected chi connectivity index (χ1v) is 4.19. The molecule has 0 radical (unpaired) electrons. The maximum atomic E-state index is 12.9. The van der Waals surface area contributed by atoms with Crippen LogP contribution in [0.2, 0.25) is 0 Å². The standard InChI is InChI=1S/C8H4BrFO4/c9-6-3(7(11)12)1-2-4(10)5(6)8(13)14/h1-2H,(H,11,12)(H,13,14). The van der Waals surface area contributed by atoms with Crippen LogP contribution in [0, 0.1) is 5.82 Å². The molecule has 0 aromatic heterocycles. The van der Waals surface area contributed by atoms with Crippen LogP contribution in [0.3, 0.4) is 0 Å². The van der Waals surface area contributed by atoms with Crippen LogP contribution in [0.1, 0.15) is 20.7 Å². The lowest BCUT2D eigenvalue weighted by atomic mass is 10.1. The average molecular weight is 263 g/mol. The Hall–Kier alpha value is -1.43. The predicted molar refractivity (Wildman–Crippen MR) is 48.0 cm³/mol. The zero-order valence-electron chi connectivity index (χ0n) is 6.62. The second-order valence-electron chi connectivity index (χ2n) is 2.39. The van der Waals surface area contributed by atoms with E-state index in [1.807, 2.05) is 0 Å². The molecule has 1 aromatic carbocycles. The number of rotatable bonds is 2. The van der Waals surface area contributed by atoms with Gasteiger partial charge in [0.1, 0.15) is 11.4 Å². The molecule has 0 aliphatic carbocycles. The maximum absolute atomic E-state index is 12.9. The molecule has 4 nitrogen and oxygen atoms in total. The second-order valence-corrected chi connectivity index (χ2v) is 3.19. The molecule has 0 saturated carbocycles. The first-order valence-electron chi connectivity index (χ1n) is 3.39. The first kappa shape index (κ1) is 10.6. The molecule has 0 aliphatic heterocycles. The minimum Gasteiger partial charge on any atom is -0.478 e. The van der Waals surface area contributed by atoms with Gasteiger partial charge in [0.25, 0.3) is 0 Å². The number of carboxylic acids is 2. The van der Waals surface area contributed by atoms with Gasteiger partial charge in [0, 0.05) is 4.47 Å².